The van der Waals surface area contributed by atoms with Crippen LogP contribution in [0.2, 0.25) is 0 Å². The largest absolute Gasteiger partial charge is 0.481 e. The number of hydrogen-bond acceptors (Lipinski definition) is 9. The van der Waals surface area contributed by atoms with Crippen molar-refractivity contribution in [3.05, 3.63) is 0 Å². The molecule has 14 nitrogen and oxygen atoms in total. The van der Waals surface area contributed by atoms with Crippen LogP contribution in [0.25, 0.3) is 0 Å². The van der Waals surface area contributed by atoms with Crippen LogP contribution in [0.5, 0.6) is 0 Å². The Morgan fingerprint density at radius 1 is 0.829 bits per heavy atom. The lowest BCUT2D eigenvalue weighted by atomic mass is 10.1. The molecule has 35 heavy (non-hydrogen) atoms. The molecule has 15 heteroatoms. The van der Waals surface area contributed by atoms with E-state index in [1.165, 1.54) is 11.8 Å². The minimum absolute atomic E-state index is 0.204. The maximum Gasteiger partial charge on any atom is 0.326 e. The number of carboxylic acid groups (broad SMARTS) is 2. The molecule has 0 aliphatic carbocycles. The maximum atomic E-state index is 12.9. The number of primary amides is 1. The third-order valence-corrected chi connectivity index (χ3v) is 5.50. The average Bonchev–Trinajstić information content (AvgIpc) is 2.77. The summed E-state index contributed by atoms with van der Waals surface area (Å²) in [5.74, 6) is -5.66. The van der Waals surface area contributed by atoms with Gasteiger partial charge >= 0.3 is 11.9 Å². The van der Waals surface area contributed by atoms with Gasteiger partial charge < -0.3 is 43.4 Å². The molecule has 0 rings (SSSR count). The Labute approximate surface area is 207 Å². The summed E-state index contributed by atoms with van der Waals surface area (Å²) in [6.07, 6.45) is 2.20. The lowest BCUT2D eigenvalue weighted by Crippen LogP contribution is -2.57. The molecular weight excluding hydrogens is 484 g/mol. The van der Waals surface area contributed by atoms with Gasteiger partial charge in [-0.2, -0.15) is 11.8 Å². The molecule has 0 fully saturated rings. The summed E-state index contributed by atoms with van der Waals surface area (Å²) >= 11 is 1.42. The quantitative estimate of drug-likeness (QED) is 0.0824. The summed E-state index contributed by atoms with van der Waals surface area (Å²) in [7, 11) is 0. The first-order valence-corrected chi connectivity index (χ1v) is 12.4. The first-order chi connectivity index (χ1) is 16.4. The molecule has 0 aromatic heterocycles. The van der Waals surface area contributed by atoms with Crippen LogP contribution in [-0.4, -0.2) is 88.5 Å². The SMILES string of the molecule is CSCCC(NC(=O)C(N)CCCCN)C(=O)NC(CCC(N)=O)C(=O)NC(CC(=O)O)C(=O)O. The zero-order chi connectivity index (χ0) is 27.0. The molecule has 4 atom stereocenters. The number of carbonyl (C=O) groups is 6. The van der Waals surface area contributed by atoms with E-state index in [0.717, 1.165) is 0 Å². The first kappa shape index (κ1) is 32.1. The highest BCUT2D eigenvalue weighted by Crippen LogP contribution is 2.06. The Hall–Kier alpha value is -2.91. The first-order valence-electron chi connectivity index (χ1n) is 11.0. The van der Waals surface area contributed by atoms with E-state index in [4.69, 9.17) is 27.4 Å². The fourth-order valence-electron chi connectivity index (χ4n) is 2.90. The average molecular weight is 521 g/mol. The van der Waals surface area contributed by atoms with Crippen molar-refractivity contribution >= 4 is 47.3 Å². The Bertz CT molecular complexity index is 753. The van der Waals surface area contributed by atoms with E-state index in [2.05, 4.69) is 10.6 Å². The van der Waals surface area contributed by atoms with Gasteiger partial charge in [0.1, 0.15) is 18.1 Å². The highest BCUT2D eigenvalue weighted by atomic mass is 32.2. The Morgan fingerprint density at radius 2 is 1.37 bits per heavy atom. The van der Waals surface area contributed by atoms with E-state index < -0.39 is 66.2 Å². The zero-order valence-electron chi connectivity index (χ0n) is 19.7. The van der Waals surface area contributed by atoms with Crippen LogP contribution in [0.1, 0.15) is 44.9 Å². The van der Waals surface area contributed by atoms with Gasteiger partial charge in [0.05, 0.1) is 12.5 Å². The summed E-state index contributed by atoms with van der Waals surface area (Å²) < 4.78 is 0. The number of carbonyl (C=O) groups excluding carboxylic acids is 4. The molecule has 0 spiro atoms. The van der Waals surface area contributed by atoms with Crippen molar-refractivity contribution in [2.45, 2.75) is 69.1 Å². The molecular formula is C20H36N6O8S. The van der Waals surface area contributed by atoms with Crippen LogP contribution < -0.4 is 33.2 Å². The molecule has 0 aliphatic heterocycles. The fourth-order valence-corrected chi connectivity index (χ4v) is 3.37. The molecule has 0 saturated carbocycles. The Balaban J connectivity index is 5.48. The standard InChI is InChI=1S/C20H36N6O8S/c1-35-9-7-13(24-17(30)11(22)4-2-3-8-21)19(32)25-12(5-6-15(23)27)18(31)26-14(20(33)34)10-16(28)29/h11-14H,2-10,21-22H2,1H3,(H2,23,27)(H,24,30)(H,25,32)(H,26,31)(H,28,29)(H,33,34). The number of nitrogens with one attached hydrogen (secondary N) is 3. The van der Waals surface area contributed by atoms with Gasteiger partial charge in [-0.25, -0.2) is 4.79 Å². The third-order valence-electron chi connectivity index (χ3n) is 4.86. The smallest absolute Gasteiger partial charge is 0.326 e. The molecule has 0 saturated heterocycles. The van der Waals surface area contributed by atoms with E-state index in [1.807, 2.05) is 5.32 Å². The van der Waals surface area contributed by atoms with Gasteiger partial charge in [-0.05, 0) is 44.2 Å². The van der Waals surface area contributed by atoms with E-state index in [-0.39, 0.29) is 19.3 Å². The number of aliphatic carboxylic acids is 2. The van der Waals surface area contributed by atoms with E-state index in [9.17, 15) is 28.8 Å². The number of thioether (sulfide) groups is 1. The predicted octanol–water partition coefficient (Wildman–Crippen LogP) is -2.52. The van der Waals surface area contributed by atoms with Gasteiger partial charge in [-0.1, -0.05) is 6.42 Å². The van der Waals surface area contributed by atoms with E-state index in [0.29, 0.717) is 31.6 Å². The van der Waals surface area contributed by atoms with Crippen LogP contribution in [0.15, 0.2) is 0 Å². The Kier molecular flexibility index (Phi) is 16.1. The normalized spacial score (nSPS) is 14.1. The van der Waals surface area contributed by atoms with Crippen LogP contribution in [0.3, 0.4) is 0 Å². The second-order valence-electron chi connectivity index (χ2n) is 7.80. The minimum atomic E-state index is -1.76. The van der Waals surface area contributed by atoms with Crippen molar-refractivity contribution in [3.8, 4) is 0 Å². The maximum absolute atomic E-state index is 12.9. The zero-order valence-corrected chi connectivity index (χ0v) is 20.5. The molecule has 0 aromatic carbocycles. The number of hydrogen-bond donors (Lipinski definition) is 8. The van der Waals surface area contributed by atoms with Gasteiger partial charge in [-0.15, -0.1) is 0 Å². The van der Waals surface area contributed by atoms with Crippen molar-refractivity contribution in [2.24, 2.45) is 17.2 Å². The van der Waals surface area contributed by atoms with Crippen molar-refractivity contribution in [1.82, 2.24) is 16.0 Å². The fraction of sp³-hybridized carbons (Fsp3) is 0.700. The second-order valence-corrected chi connectivity index (χ2v) is 8.78. The summed E-state index contributed by atoms with van der Waals surface area (Å²) in [4.78, 5) is 71.4. The summed E-state index contributed by atoms with van der Waals surface area (Å²) in [6.45, 7) is 0.455. The molecule has 4 unspecified atom stereocenters. The topological polar surface area (TPSA) is 257 Å². The molecule has 0 aromatic rings. The van der Waals surface area contributed by atoms with Crippen molar-refractivity contribution < 1.29 is 39.0 Å². The van der Waals surface area contributed by atoms with Crippen molar-refractivity contribution in [1.29, 1.82) is 0 Å². The highest BCUT2D eigenvalue weighted by Gasteiger charge is 2.31. The van der Waals surface area contributed by atoms with Crippen molar-refractivity contribution in [2.75, 3.05) is 18.6 Å². The second kappa shape index (κ2) is 17.5. The summed E-state index contributed by atoms with van der Waals surface area (Å²) in [5, 5.41) is 25.0. The lowest BCUT2D eigenvalue weighted by molar-refractivity contribution is -0.147. The minimum Gasteiger partial charge on any atom is -0.481 e. The third kappa shape index (κ3) is 14.2. The Morgan fingerprint density at radius 3 is 1.86 bits per heavy atom. The van der Waals surface area contributed by atoms with Gasteiger partial charge in [0, 0.05) is 6.42 Å². The molecule has 0 aliphatic rings. The van der Waals surface area contributed by atoms with Gasteiger partial charge in [0.25, 0.3) is 0 Å². The highest BCUT2D eigenvalue weighted by molar-refractivity contribution is 7.98. The van der Waals surface area contributed by atoms with Crippen LogP contribution in [0, 0.1) is 0 Å². The molecule has 0 radical (unpaired) electrons. The number of unbranched alkanes of at least 4 members (excludes halogenated alkanes) is 1. The molecule has 0 bridgehead atoms. The molecule has 11 N–H and O–H groups in total. The van der Waals surface area contributed by atoms with Crippen LogP contribution in [-0.2, 0) is 28.8 Å². The van der Waals surface area contributed by atoms with Crippen LogP contribution in [0.4, 0.5) is 0 Å². The number of carboxylic acids is 2. The predicted molar refractivity (Wildman–Crippen MR) is 128 cm³/mol. The molecule has 200 valence electrons. The van der Waals surface area contributed by atoms with Gasteiger partial charge in [0.15, 0.2) is 0 Å². The van der Waals surface area contributed by atoms with E-state index >= 15 is 0 Å². The van der Waals surface area contributed by atoms with Gasteiger partial charge in [0.2, 0.25) is 23.6 Å². The molecule has 4 amide bonds. The monoisotopic (exact) mass is 520 g/mol. The molecule has 0 heterocycles. The number of nitrogens with two attached hydrogens (primary N) is 3. The van der Waals surface area contributed by atoms with Gasteiger partial charge in [-0.3, -0.25) is 24.0 Å². The number of amides is 4. The van der Waals surface area contributed by atoms with Crippen LogP contribution >= 0.6 is 11.8 Å². The lowest BCUT2D eigenvalue weighted by Gasteiger charge is -2.25. The number of rotatable bonds is 19. The van der Waals surface area contributed by atoms with E-state index in [1.54, 1.807) is 6.26 Å². The summed E-state index contributed by atoms with van der Waals surface area (Å²) in [6, 6.07) is -5.09. The summed E-state index contributed by atoms with van der Waals surface area (Å²) in [5.41, 5.74) is 16.4. The van der Waals surface area contributed by atoms with Crippen molar-refractivity contribution in [3.63, 3.8) is 0 Å².